The van der Waals surface area contributed by atoms with Gasteiger partial charge in [0.25, 0.3) is 0 Å². The van der Waals surface area contributed by atoms with E-state index in [1.54, 1.807) is 7.05 Å². The zero-order chi connectivity index (χ0) is 20.7. The molecule has 1 heterocycles. The van der Waals surface area contributed by atoms with Gasteiger partial charge < -0.3 is 9.64 Å². The summed E-state index contributed by atoms with van der Waals surface area (Å²) in [6.07, 6.45) is 1.13. The lowest BCUT2D eigenvalue weighted by molar-refractivity contribution is -0.137. The van der Waals surface area contributed by atoms with E-state index in [2.05, 4.69) is 16.9 Å². The molecule has 0 saturated carbocycles. The van der Waals surface area contributed by atoms with E-state index in [9.17, 15) is 13.2 Å². The molecule has 0 spiro atoms. The molecule has 1 atom stereocenters. The fourth-order valence-corrected chi connectivity index (χ4v) is 2.72. The van der Waals surface area contributed by atoms with E-state index in [0.717, 1.165) is 31.9 Å². The van der Waals surface area contributed by atoms with E-state index in [-0.39, 0.29) is 17.9 Å². The highest BCUT2D eigenvalue weighted by atomic mass is 19.4. The van der Waals surface area contributed by atoms with Gasteiger partial charge in [-0.1, -0.05) is 38.8 Å². The van der Waals surface area contributed by atoms with Crippen LogP contribution in [0, 0.1) is 0 Å². The number of hydrogen-bond donors (Lipinski definition) is 0. The van der Waals surface area contributed by atoms with Gasteiger partial charge in [-0.15, -0.1) is 0 Å². The topological polar surface area (TPSA) is 38.2 Å². The van der Waals surface area contributed by atoms with Crippen molar-refractivity contribution in [1.82, 2.24) is 9.97 Å². The van der Waals surface area contributed by atoms with Crippen molar-refractivity contribution in [1.29, 1.82) is 0 Å². The minimum absolute atomic E-state index is 0.0552. The Hall–Kier alpha value is -2.31. The molecule has 0 saturated heterocycles. The number of nitrogens with zero attached hydrogens (tertiary/aromatic N) is 3. The zero-order valence-electron chi connectivity index (χ0n) is 16.9. The van der Waals surface area contributed by atoms with E-state index in [1.165, 1.54) is 10.5 Å². The van der Waals surface area contributed by atoms with Crippen LogP contribution in [0.25, 0.3) is 0 Å². The molecule has 2 aromatic rings. The van der Waals surface area contributed by atoms with Gasteiger partial charge in [-0.3, -0.25) is 0 Å². The lowest BCUT2D eigenvalue weighted by atomic mass is 10.1. The Balaban J connectivity index is 2.30. The van der Waals surface area contributed by atoms with Crippen LogP contribution in [0.1, 0.15) is 57.6 Å². The largest absolute Gasteiger partial charge is 0.460 e. The molecule has 28 heavy (non-hydrogen) atoms. The summed E-state index contributed by atoms with van der Waals surface area (Å²) in [4.78, 5) is 9.23. The van der Waals surface area contributed by atoms with Gasteiger partial charge in [0.2, 0.25) is 0 Å². The lowest BCUT2D eigenvalue weighted by Gasteiger charge is -2.23. The Morgan fingerprint density at radius 2 is 1.79 bits per heavy atom. The van der Waals surface area contributed by atoms with Gasteiger partial charge in [0.05, 0.1) is 6.10 Å². The van der Waals surface area contributed by atoms with E-state index in [1.807, 2.05) is 38.1 Å². The number of alkyl halides is 3. The molecular weight excluding hydrogens is 367 g/mol. The molecule has 0 aliphatic heterocycles. The Labute approximate surface area is 164 Å². The first-order chi connectivity index (χ1) is 13.3. The smallest absolute Gasteiger partial charge is 0.421 e. The summed E-state index contributed by atoms with van der Waals surface area (Å²) >= 11 is 0. The molecule has 154 valence electrons. The number of rotatable bonds is 9. The lowest BCUT2D eigenvalue weighted by Crippen LogP contribution is -2.20. The van der Waals surface area contributed by atoms with Crippen LogP contribution in [-0.2, 0) is 12.6 Å². The van der Waals surface area contributed by atoms with Gasteiger partial charge >= 0.3 is 12.2 Å². The first-order valence-corrected chi connectivity index (χ1v) is 9.69. The number of hydrogen-bond acceptors (Lipinski definition) is 4. The molecule has 1 aromatic carbocycles. The molecule has 4 nitrogen and oxygen atoms in total. The van der Waals surface area contributed by atoms with Crippen LogP contribution in [0.4, 0.5) is 24.7 Å². The summed E-state index contributed by atoms with van der Waals surface area (Å²) in [5.41, 5.74) is 0.904. The van der Waals surface area contributed by atoms with Crippen LogP contribution in [0.2, 0.25) is 0 Å². The van der Waals surface area contributed by atoms with Gasteiger partial charge in [-0.05, 0) is 43.9 Å². The van der Waals surface area contributed by atoms with Crippen molar-refractivity contribution in [2.24, 2.45) is 0 Å². The second kappa shape index (κ2) is 9.75. The van der Waals surface area contributed by atoms with Crippen LogP contribution in [0.3, 0.4) is 0 Å². The molecule has 1 aromatic heterocycles. The normalized spacial score (nSPS) is 12.7. The number of halogens is 3. The Kier molecular flexibility index (Phi) is 7.66. The van der Waals surface area contributed by atoms with Gasteiger partial charge in [-0.2, -0.15) is 18.2 Å². The highest BCUT2D eigenvalue weighted by Crippen LogP contribution is 2.37. The van der Waals surface area contributed by atoms with Crippen molar-refractivity contribution in [2.75, 3.05) is 11.9 Å². The van der Waals surface area contributed by atoms with Crippen molar-refractivity contribution >= 4 is 11.5 Å². The van der Waals surface area contributed by atoms with Crippen LogP contribution < -0.4 is 9.64 Å². The Bertz CT molecular complexity index is 748. The van der Waals surface area contributed by atoms with Crippen molar-refractivity contribution in [3.63, 3.8) is 0 Å². The summed E-state index contributed by atoms with van der Waals surface area (Å²) in [6.45, 7) is 5.89. The van der Waals surface area contributed by atoms with Crippen LogP contribution in [0.5, 0.6) is 6.01 Å². The minimum Gasteiger partial charge on any atom is -0.460 e. The van der Waals surface area contributed by atoms with Crippen molar-refractivity contribution in [3.8, 4) is 6.01 Å². The molecule has 7 heteroatoms. The molecule has 0 aliphatic carbocycles. The Morgan fingerprint density at radius 3 is 2.36 bits per heavy atom. The second-order valence-electron chi connectivity index (χ2n) is 6.91. The predicted octanol–water partition coefficient (Wildman–Crippen LogP) is 6.17. The number of ether oxygens (including phenoxy) is 1. The molecule has 0 radical (unpaired) electrons. The van der Waals surface area contributed by atoms with Gasteiger partial charge in [0.15, 0.2) is 5.82 Å². The summed E-state index contributed by atoms with van der Waals surface area (Å²) in [7, 11) is 1.57. The molecule has 1 unspecified atom stereocenters. The molecule has 0 aliphatic rings. The van der Waals surface area contributed by atoms with Gasteiger partial charge in [0, 0.05) is 18.9 Å². The third-order valence-electron chi connectivity index (χ3n) is 4.64. The predicted molar refractivity (Wildman–Crippen MR) is 105 cm³/mol. The molecule has 0 amide bonds. The number of anilines is 2. The van der Waals surface area contributed by atoms with E-state index < -0.39 is 11.7 Å². The van der Waals surface area contributed by atoms with Crippen molar-refractivity contribution < 1.29 is 17.9 Å². The number of benzene rings is 1. The number of aromatic nitrogens is 2. The minimum atomic E-state index is -4.56. The maximum atomic E-state index is 13.5. The molecule has 2 rings (SSSR count). The highest BCUT2D eigenvalue weighted by molar-refractivity contribution is 5.63. The van der Waals surface area contributed by atoms with E-state index >= 15 is 0 Å². The third kappa shape index (κ3) is 5.84. The standard InChI is InChI=1S/C21H28F3N3O/c1-5-7-8-9-16-10-12-17(13-11-16)27(4)19-18(21(22,23)24)14-25-20(26-19)28-15(3)6-2/h10-15H,5-9H2,1-4H3. The fraction of sp³-hybridized carbons (Fsp3) is 0.524. The second-order valence-corrected chi connectivity index (χ2v) is 6.91. The van der Waals surface area contributed by atoms with Crippen LogP contribution >= 0.6 is 0 Å². The first-order valence-electron chi connectivity index (χ1n) is 9.69. The van der Waals surface area contributed by atoms with Crippen molar-refractivity contribution in [2.45, 2.75) is 65.2 Å². The average molecular weight is 395 g/mol. The van der Waals surface area contributed by atoms with E-state index in [4.69, 9.17) is 4.74 Å². The summed E-state index contributed by atoms with van der Waals surface area (Å²) in [6, 6.07) is 7.48. The fourth-order valence-electron chi connectivity index (χ4n) is 2.72. The monoisotopic (exact) mass is 395 g/mol. The first kappa shape index (κ1) is 22.0. The highest BCUT2D eigenvalue weighted by Gasteiger charge is 2.36. The van der Waals surface area contributed by atoms with Crippen LogP contribution in [-0.4, -0.2) is 23.1 Å². The number of unbranched alkanes of at least 4 members (excludes halogenated alkanes) is 2. The molecule has 0 fully saturated rings. The summed E-state index contributed by atoms with van der Waals surface area (Å²) in [5.74, 6) is -0.223. The van der Waals surface area contributed by atoms with E-state index in [0.29, 0.717) is 12.1 Å². The summed E-state index contributed by atoms with van der Waals surface area (Å²) < 4.78 is 45.9. The number of aryl methyl sites for hydroxylation is 1. The van der Waals surface area contributed by atoms with Crippen molar-refractivity contribution in [3.05, 3.63) is 41.6 Å². The summed E-state index contributed by atoms with van der Waals surface area (Å²) in [5, 5.41) is 0. The maximum Gasteiger partial charge on any atom is 0.421 e. The molecule has 0 bridgehead atoms. The van der Waals surface area contributed by atoms with Gasteiger partial charge in [0.1, 0.15) is 5.56 Å². The van der Waals surface area contributed by atoms with Gasteiger partial charge in [-0.25, -0.2) is 4.98 Å². The molecular formula is C21H28F3N3O. The Morgan fingerprint density at radius 1 is 1.11 bits per heavy atom. The quantitative estimate of drug-likeness (QED) is 0.476. The third-order valence-corrected chi connectivity index (χ3v) is 4.64. The maximum absolute atomic E-state index is 13.5. The van der Waals surface area contributed by atoms with Crippen LogP contribution in [0.15, 0.2) is 30.5 Å². The average Bonchev–Trinajstić information content (AvgIpc) is 2.67. The SMILES string of the molecule is CCCCCc1ccc(N(C)c2nc(OC(C)CC)ncc2C(F)(F)F)cc1. The molecule has 0 N–H and O–H groups in total. The zero-order valence-corrected chi connectivity index (χ0v) is 16.9.